The van der Waals surface area contributed by atoms with E-state index in [0.29, 0.717) is 0 Å². The molecule has 0 aromatic rings. The molecule has 0 amide bonds. The smallest absolute Gasteiger partial charge is 0.380 e. The summed E-state index contributed by atoms with van der Waals surface area (Å²) in [6.45, 7) is 4.41. The van der Waals surface area contributed by atoms with E-state index in [1.807, 2.05) is 0 Å². The molecule has 1 unspecified atom stereocenters. The van der Waals surface area contributed by atoms with Crippen LogP contribution in [0.25, 0.3) is 0 Å². The molecule has 0 aromatic carbocycles. The Morgan fingerprint density at radius 3 is 2.50 bits per heavy atom. The van der Waals surface area contributed by atoms with E-state index in [9.17, 15) is 18.7 Å². The Morgan fingerprint density at radius 1 is 1.56 bits per heavy atom. The van der Waals surface area contributed by atoms with Gasteiger partial charge in [0.25, 0.3) is 0 Å². The van der Waals surface area contributed by atoms with Gasteiger partial charge in [0.05, 0.1) is 6.61 Å². The Kier molecular flexibility index (Phi) is 3.27. The quantitative estimate of drug-likeness (QED) is 0.709. The number of ether oxygens (including phenoxy) is 1. The second-order valence-corrected chi connectivity index (χ2v) is 4.46. The normalized spacial score (nSPS) is 29.1. The first-order valence-electron chi connectivity index (χ1n) is 5.21. The number of nitrogens with one attached hydrogen (secondary N) is 1. The molecule has 0 radical (unpaired) electrons. The summed E-state index contributed by atoms with van der Waals surface area (Å²) in [5.41, 5.74) is -3.64. The van der Waals surface area contributed by atoms with Crippen LogP contribution in [0.15, 0.2) is 0 Å². The minimum atomic E-state index is -3.91. The second-order valence-electron chi connectivity index (χ2n) is 4.46. The van der Waals surface area contributed by atoms with Crippen LogP contribution in [0.2, 0.25) is 0 Å². The molecule has 94 valence electrons. The third-order valence-electron chi connectivity index (χ3n) is 3.14. The van der Waals surface area contributed by atoms with Crippen LogP contribution >= 0.6 is 0 Å². The van der Waals surface area contributed by atoms with Crippen molar-refractivity contribution in [1.82, 2.24) is 5.32 Å². The third-order valence-corrected chi connectivity index (χ3v) is 3.14. The van der Waals surface area contributed by atoms with Crippen LogP contribution in [0, 0.1) is 0 Å². The SMILES string of the molecule is CCOC(=O)C(F)(F)C1(O)CCNC1(C)C. The lowest BCUT2D eigenvalue weighted by Gasteiger charge is -2.40. The highest BCUT2D eigenvalue weighted by molar-refractivity contribution is 5.79. The molecule has 16 heavy (non-hydrogen) atoms. The maximum Gasteiger partial charge on any atom is 0.380 e. The summed E-state index contributed by atoms with van der Waals surface area (Å²) in [6, 6.07) is 0. The van der Waals surface area contributed by atoms with E-state index in [-0.39, 0.29) is 19.6 Å². The number of halogens is 2. The Bertz CT molecular complexity index is 294. The Morgan fingerprint density at radius 2 is 2.12 bits per heavy atom. The summed E-state index contributed by atoms with van der Waals surface area (Å²) in [4.78, 5) is 11.2. The number of hydrogen-bond donors (Lipinski definition) is 2. The number of carbonyl (C=O) groups is 1. The van der Waals surface area contributed by atoms with E-state index < -0.39 is 23.0 Å². The number of rotatable bonds is 3. The molecule has 0 aromatic heterocycles. The Hall–Kier alpha value is -0.750. The lowest BCUT2D eigenvalue weighted by Crippen LogP contribution is -2.65. The number of aliphatic hydroxyl groups is 1. The highest BCUT2D eigenvalue weighted by atomic mass is 19.3. The monoisotopic (exact) mass is 237 g/mol. The zero-order valence-corrected chi connectivity index (χ0v) is 9.64. The number of alkyl halides is 2. The van der Waals surface area contributed by atoms with Crippen molar-refractivity contribution in [3.8, 4) is 0 Å². The van der Waals surface area contributed by atoms with E-state index >= 15 is 0 Å². The van der Waals surface area contributed by atoms with Crippen molar-refractivity contribution in [3.63, 3.8) is 0 Å². The molecule has 4 nitrogen and oxygen atoms in total. The van der Waals surface area contributed by atoms with Gasteiger partial charge in [-0.1, -0.05) is 0 Å². The van der Waals surface area contributed by atoms with Crippen LogP contribution in [-0.4, -0.2) is 41.3 Å². The second kappa shape index (κ2) is 3.92. The number of carbonyl (C=O) groups excluding carboxylic acids is 1. The van der Waals surface area contributed by atoms with Gasteiger partial charge in [0, 0.05) is 5.54 Å². The van der Waals surface area contributed by atoms with Crippen LogP contribution in [0.1, 0.15) is 27.2 Å². The van der Waals surface area contributed by atoms with Gasteiger partial charge in [-0.05, 0) is 33.7 Å². The average molecular weight is 237 g/mol. The topological polar surface area (TPSA) is 58.6 Å². The van der Waals surface area contributed by atoms with Crippen molar-refractivity contribution < 1.29 is 23.4 Å². The van der Waals surface area contributed by atoms with Crippen molar-refractivity contribution in [2.75, 3.05) is 13.2 Å². The van der Waals surface area contributed by atoms with Crippen molar-refractivity contribution in [1.29, 1.82) is 0 Å². The predicted molar refractivity (Wildman–Crippen MR) is 53.2 cm³/mol. The fourth-order valence-electron chi connectivity index (χ4n) is 1.95. The fraction of sp³-hybridized carbons (Fsp3) is 0.900. The number of esters is 1. The lowest BCUT2D eigenvalue weighted by atomic mass is 9.79. The van der Waals surface area contributed by atoms with E-state index in [2.05, 4.69) is 10.1 Å². The first-order chi connectivity index (χ1) is 7.19. The first-order valence-corrected chi connectivity index (χ1v) is 5.21. The molecule has 6 heteroatoms. The summed E-state index contributed by atoms with van der Waals surface area (Å²) in [7, 11) is 0. The third kappa shape index (κ3) is 1.69. The Balaban J connectivity index is 3.02. The molecule has 0 saturated carbocycles. The van der Waals surface area contributed by atoms with Crippen molar-refractivity contribution in [2.45, 2.75) is 44.3 Å². The summed E-state index contributed by atoms with van der Waals surface area (Å²) >= 11 is 0. The molecule has 1 aliphatic rings. The maximum atomic E-state index is 13.8. The van der Waals surface area contributed by atoms with Crippen molar-refractivity contribution in [3.05, 3.63) is 0 Å². The molecule has 1 atom stereocenters. The minimum absolute atomic E-state index is 0.141. The van der Waals surface area contributed by atoms with Gasteiger partial charge in [0.1, 0.15) is 0 Å². The van der Waals surface area contributed by atoms with Gasteiger partial charge in [-0.15, -0.1) is 0 Å². The highest BCUT2D eigenvalue weighted by Gasteiger charge is 2.68. The van der Waals surface area contributed by atoms with E-state index in [0.717, 1.165) is 0 Å². The van der Waals surface area contributed by atoms with Crippen molar-refractivity contribution in [2.24, 2.45) is 0 Å². The van der Waals surface area contributed by atoms with Crippen LogP contribution < -0.4 is 5.32 Å². The minimum Gasteiger partial charge on any atom is -0.461 e. The summed E-state index contributed by atoms with van der Waals surface area (Å²) in [6.07, 6.45) is -0.189. The average Bonchev–Trinajstić information content (AvgIpc) is 2.43. The van der Waals surface area contributed by atoms with Gasteiger partial charge in [0.15, 0.2) is 5.60 Å². The van der Waals surface area contributed by atoms with Gasteiger partial charge >= 0.3 is 11.9 Å². The molecule has 1 heterocycles. The van der Waals surface area contributed by atoms with Crippen LogP contribution in [0.4, 0.5) is 8.78 Å². The molecule has 0 spiro atoms. The van der Waals surface area contributed by atoms with E-state index in [1.54, 1.807) is 0 Å². The van der Waals surface area contributed by atoms with Gasteiger partial charge in [-0.2, -0.15) is 8.78 Å². The van der Waals surface area contributed by atoms with Crippen molar-refractivity contribution >= 4 is 5.97 Å². The zero-order chi connectivity index (χ0) is 12.6. The summed E-state index contributed by atoms with van der Waals surface area (Å²) in [5, 5.41) is 12.8. The molecule has 1 saturated heterocycles. The molecule has 1 aliphatic heterocycles. The first kappa shape index (κ1) is 13.3. The molecular formula is C10H17F2NO3. The lowest BCUT2D eigenvalue weighted by molar-refractivity contribution is -0.223. The molecule has 1 rings (SSSR count). The molecule has 2 N–H and O–H groups in total. The predicted octanol–water partition coefficient (Wildman–Crippen LogP) is 0.688. The highest BCUT2D eigenvalue weighted by Crippen LogP contribution is 2.43. The zero-order valence-electron chi connectivity index (χ0n) is 9.64. The maximum absolute atomic E-state index is 13.8. The van der Waals surface area contributed by atoms with Gasteiger partial charge in [-0.25, -0.2) is 4.79 Å². The molecule has 0 aliphatic carbocycles. The largest absolute Gasteiger partial charge is 0.461 e. The molecule has 0 bridgehead atoms. The van der Waals surface area contributed by atoms with Gasteiger partial charge in [0.2, 0.25) is 0 Å². The van der Waals surface area contributed by atoms with Crippen LogP contribution in [0.3, 0.4) is 0 Å². The molecular weight excluding hydrogens is 220 g/mol. The van der Waals surface area contributed by atoms with E-state index in [1.165, 1.54) is 20.8 Å². The van der Waals surface area contributed by atoms with Gasteiger partial charge < -0.3 is 15.2 Å². The van der Waals surface area contributed by atoms with E-state index in [4.69, 9.17) is 0 Å². The fourth-order valence-corrected chi connectivity index (χ4v) is 1.95. The van der Waals surface area contributed by atoms with Gasteiger partial charge in [-0.3, -0.25) is 0 Å². The summed E-state index contributed by atoms with van der Waals surface area (Å²) < 4.78 is 32.0. The number of hydrogen-bond acceptors (Lipinski definition) is 4. The van der Waals surface area contributed by atoms with Crippen LogP contribution in [-0.2, 0) is 9.53 Å². The molecule has 1 fully saturated rings. The summed E-state index contributed by atoms with van der Waals surface area (Å²) in [5.74, 6) is -5.58. The van der Waals surface area contributed by atoms with Crippen LogP contribution in [0.5, 0.6) is 0 Å². The standard InChI is InChI=1S/C10H17F2NO3/c1-4-16-7(14)10(11,12)9(15)5-6-13-8(9,2)3/h13,15H,4-6H2,1-3H3. The Labute approximate surface area is 93.0 Å².